The van der Waals surface area contributed by atoms with Crippen molar-refractivity contribution < 1.29 is 9.53 Å². The molecule has 0 unspecified atom stereocenters. The molecule has 156 valence electrons. The van der Waals surface area contributed by atoms with Crippen molar-refractivity contribution in [3.63, 3.8) is 0 Å². The maximum Gasteiger partial charge on any atom is 0.266 e. The second-order valence-electron chi connectivity index (χ2n) is 7.02. The van der Waals surface area contributed by atoms with Crippen molar-refractivity contribution in [1.29, 1.82) is 5.26 Å². The summed E-state index contributed by atoms with van der Waals surface area (Å²) < 4.78 is 5.91. The van der Waals surface area contributed by atoms with Gasteiger partial charge in [0.05, 0.1) is 10.0 Å². The van der Waals surface area contributed by atoms with Crippen LogP contribution in [0.3, 0.4) is 0 Å². The van der Waals surface area contributed by atoms with Gasteiger partial charge in [0.1, 0.15) is 24.0 Å². The molecule has 0 bridgehead atoms. The molecule has 0 fully saturated rings. The third-order valence-electron chi connectivity index (χ3n) is 4.59. The summed E-state index contributed by atoms with van der Waals surface area (Å²) in [6.45, 7) is 4.15. The summed E-state index contributed by atoms with van der Waals surface area (Å²) >= 11 is 12.0. The maximum absolute atomic E-state index is 12.7. The highest BCUT2D eigenvalue weighted by atomic mass is 35.5. The molecule has 1 N–H and O–H groups in total. The first-order chi connectivity index (χ1) is 14.9. The molecule has 0 aliphatic rings. The Balaban J connectivity index is 1.80. The standard InChI is InChI=1S/C25H20Cl2N2O2/c1-16-7-10-23(17(2)11-16)29-25(30)20(14-28)13-19-5-3-4-6-24(19)31-15-18-8-9-21(26)22(27)12-18/h3-13H,15H2,1-2H3,(H,29,30)/b20-13+. The first-order valence-corrected chi connectivity index (χ1v) is 10.3. The van der Waals surface area contributed by atoms with Crippen LogP contribution < -0.4 is 10.1 Å². The summed E-state index contributed by atoms with van der Waals surface area (Å²) in [5.41, 5.74) is 4.14. The first kappa shape index (κ1) is 22.4. The fraction of sp³-hybridized carbons (Fsp3) is 0.120. The van der Waals surface area contributed by atoms with Crippen LogP contribution in [0.15, 0.2) is 66.2 Å². The van der Waals surface area contributed by atoms with E-state index in [2.05, 4.69) is 5.32 Å². The molecule has 6 heteroatoms. The van der Waals surface area contributed by atoms with Gasteiger partial charge in [-0.05, 0) is 55.3 Å². The van der Waals surface area contributed by atoms with Crippen LogP contribution in [0.4, 0.5) is 5.69 Å². The number of hydrogen-bond acceptors (Lipinski definition) is 3. The zero-order chi connectivity index (χ0) is 22.4. The molecular formula is C25H20Cl2N2O2. The Labute approximate surface area is 191 Å². The molecule has 0 spiro atoms. The molecule has 3 aromatic carbocycles. The molecule has 0 heterocycles. The number of aryl methyl sites for hydroxylation is 2. The normalized spacial score (nSPS) is 11.0. The van der Waals surface area contributed by atoms with Crippen molar-refractivity contribution in [1.82, 2.24) is 0 Å². The first-order valence-electron chi connectivity index (χ1n) is 9.53. The van der Waals surface area contributed by atoms with Crippen molar-refractivity contribution in [3.05, 3.63) is 98.5 Å². The van der Waals surface area contributed by atoms with Crippen LogP contribution in [0.25, 0.3) is 6.08 Å². The molecule has 0 radical (unpaired) electrons. The second kappa shape index (κ2) is 10.2. The summed E-state index contributed by atoms with van der Waals surface area (Å²) in [4.78, 5) is 12.7. The number of para-hydroxylation sites is 1. The Bertz CT molecular complexity index is 1200. The average Bonchev–Trinajstić information content (AvgIpc) is 2.75. The molecule has 4 nitrogen and oxygen atoms in total. The summed E-state index contributed by atoms with van der Waals surface area (Å²) in [5, 5.41) is 13.3. The minimum Gasteiger partial charge on any atom is -0.488 e. The number of ether oxygens (including phenoxy) is 1. The van der Waals surface area contributed by atoms with E-state index in [1.807, 2.05) is 56.3 Å². The van der Waals surface area contributed by atoms with Crippen LogP contribution >= 0.6 is 23.2 Å². The smallest absolute Gasteiger partial charge is 0.266 e. The third-order valence-corrected chi connectivity index (χ3v) is 5.33. The lowest BCUT2D eigenvalue weighted by molar-refractivity contribution is -0.112. The minimum atomic E-state index is -0.478. The minimum absolute atomic E-state index is 0.0226. The van der Waals surface area contributed by atoms with Crippen LogP contribution in [0, 0.1) is 25.2 Å². The van der Waals surface area contributed by atoms with Gasteiger partial charge in [0.25, 0.3) is 5.91 Å². The summed E-state index contributed by atoms with van der Waals surface area (Å²) in [7, 11) is 0. The van der Waals surface area contributed by atoms with E-state index in [0.29, 0.717) is 27.0 Å². The molecule has 0 saturated carbocycles. The molecule has 3 rings (SSSR count). The lowest BCUT2D eigenvalue weighted by Gasteiger charge is -2.11. The van der Waals surface area contributed by atoms with Gasteiger partial charge in [-0.25, -0.2) is 0 Å². The number of halogens is 2. The van der Waals surface area contributed by atoms with E-state index in [1.165, 1.54) is 6.08 Å². The predicted molar refractivity (Wildman–Crippen MR) is 125 cm³/mol. The molecule has 0 aromatic heterocycles. The molecule has 0 aliphatic heterocycles. The Morgan fingerprint density at radius 1 is 1.06 bits per heavy atom. The molecule has 1 amide bonds. The Kier molecular flexibility index (Phi) is 7.36. The zero-order valence-electron chi connectivity index (χ0n) is 17.1. The maximum atomic E-state index is 12.7. The highest BCUT2D eigenvalue weighted by molar-refractivity contribution is 6.42. The number of nitriles is 1. The van der Waals surface area contributed by atoms with Crippen molar-refractivity contribution in [3.8, 4) is 11.8 Å². The SMILES string of the molecule is Cc1ccc(NC(=O)/C(C#N)=C/c2ccccc2OCc2ccc(Cl)c(Cl)c2)c(C)c1. The van der Waals surface area contributed by atoms with Crippen LogP contribution in [-0.4, -0.2) is 5.91 Å². The van der Waals surface area contributed by atoms with E-state index >= 15 is 0 Å². The largest absolute Gasteiger partial charge is 0.488 e. The fourth-order valence-electron chi connectivity index (χ4n) is 2.97. The lowest BCUT2D eigenvalue weighted by atomic mass is 10.1. The van der Waals surface area contributed by atoms with Gasteiger partial charge in [0.15, 0.2) is 0 Å². The van der Waals surface area contributed by atoms with Crippen molar-refractivity contribution in [2.75, 3.05) is 5.32 Å². The number of hydrogen-bond donors (Lipinski definition) is 1. The van der Waals surface area contributed by atoms with Gasteiger partial charge < -0.3 is 10.1 Å². The number of anilines is 1. The summed E-state index contributed by atoms with van der Waals surface area (Å²) in [6, 6.07) is 20.1. The Morgan fingerprint density at radius 3 is 2.55 bits per heavy atom. The van der Waals surface area contributed by atoms with Crippen molar-refractivity contribution in [2.45, 2.75) is 20.5 Å². The van der Waals surface area contributed by atoms with Gasteiger partial charge in [-0.15, -0.1) is 0 Å². The molecule has 0 atom stereocenters. The molecule has 0 saturated heterocycles. The van der Waals surface area contributed by atoms with E-state index in [4.69, 9.17) is 27.9 Å². The topological polar surface area (TPSA) is 62.1 Å². The summed E-state index contributed by atoms with van der Waals surface area (Å²) in [6.07, 6.45) is 1.52. The van der Waals surface area contributed by atoms with Gasteiger partial charge in [0, 0.05) is 11.3 Å². The number of carbonyl (C=O) groups is 1. The van der Waals surface area contributed by atoms with E-state index in [1.54, 1.807) is 24.3 Å². The number of amides is 1. The van der Waals surface area contributed by atoms with Crippen LogP contribution in [0.1, 0.15) is 22.3 Å². The van der Waals surface area contributed by atoms with Gasteiger partial charge in [-0.3, -0.25) is 4.79 Å². The number of carbonyl (C=O) groups excluding carboxylic acids is 1. The highest BCUT2D eigenvalue weighted by Crippen LogP contribution is 2.26. The quantitative estimate of drug-likeness (QED) is 0.334. The highest BCUT2D eigenvalue weighted by Gasteiger charge is 2.13. The van der Waals surface area contributed by atoms with Crippen LogP contribution in [0.5, 0.6) is 5.75 Å². The van der Waals surface area contributed by atoms with Crippen LogP contribution in [-0.2, 0) is 11.4 Å². The molecular weight excluding hydrogens is 431 g/mol. The summed E-state index contributed by atoms with van der Waals surface area (Å²) in [5.74, 6) is 0.0642. The van der Waals surface area contributed by atoms with E-state index in [9.17, 15) is 10.1 Å². The van der Waals surface area contributed by atoms with Gasteiger partial charge >= 0.3 is 0 Å². The zero-order valence-corrected chi connectivity index (χ0v) is 18.6. The molecule has 0 aliphatic carbocycles. The van der Waals surface area contributed by atoms with Crippen LogP contribution in [0.2, 0.25) is 10.0 Å². The van der Waals surface area contributed by atoms with Gasteiger partial charge in [-0.1, -0.05) is 65.2 Å². The molecule has 3 aromatic rings. The Morgan fingerprint density at radius 2 is 1.84 bits per heavy atom. The van der Waals surface area contributed by atoms with E-state index in [-0.39, 0.29) is 12.2 Å². The van der Waals surface area contributed by atoms with Gasteiger partial charge in [0.2, 0.25) is 0 Å². The van der Waals surface area contributed by atoms with Crippen molar-refractivity contribution >= 4 is 40.9 Å². The number of nitrogens with zero attached hydrogens (tertiary/aromatic N) is 1. The average molecular weight is 451 g/mol. The number of benzene rings is 3. The van der Waals surface area contributed by atoms with E-state index in [0.717, 1.165) is 16.7 Å². The fourth-order valence-corrected chi connectivity index (χ4v) is 3.29. The monoisotopic (exact) mass is 450 g/mol. The number of nitrogens with one attached hydrogen (secondary N) is 1. The van der Waals surface area contributed by atoms with Crippen molar-refractivity contribution in [2.24, 2.45) is 0 Å². The number of rotatable bonds is 6. The Hall–Kier alpha value is -3.26. The van der Waals surface area contributed by atoms with E-state index < -0.39 is 5.91 Å². The lowest BCUT2D eigenvalue weighted by Crippen LogP contribution is -2.14. The van der Waals surface area contributed by atoms with Gasteiger partial charge in [-0.2, -0.15) is 5.26 Å². The molecule has 31 heavy (non-hydrogen) atoms. The second-order valence-corrected chi connectivity index (χ2v) is 7.83. The predicted octanol–water partition coefficient (Wildman–Crippen LogP) is 6.73. The third kappa shape index (κ3) is 5.88.